The Bertz CT molecular complexity index is 380. The van der Waals surface area contributed by atoms with Crippen LogP contribution in [0.1, 0.15) is 26.7 Å². The molecule has 2 aliphatic rings. The Kier molecular flexibility index (Phi) is 5.58. The Labute approximate surface area is 127 Å². The molecule has 21 heavy (non-hydrogen) atoms. The Balaban J connectivity index is 1.78. The van der Waals surface area contributed by atoms with Crippen LogP contribution in [0.2, 0.25) is 0 Å². The van der Waals surface area contributed by atoms with E-state index in [0.29, 0.717) is 38.6 Å². The molecule has 120 valence electrons. The van der Waals surface area contributed by atoms with Gasteiger partial charge in [-0.3, -0.25) is 14.5 Å². The van der Waals surface area contributed by atoms with E-state index < -0.39 is 0 Å². The zero-order valence-electron chi connectivity index (χ0n) is 13.3. The van der Waals surface area contributed by atoms with E-state index in [9.17, 15) is 9.59 Å². The summed E-state index contributed by atoms with van der Waals surface area (Å²) in [6, 6.07) is 0.278. The van der Waals surface area contributed by atoms with Gasteiger partial charge < -0.3 is 15.5 Å². The fourth-order valence-electron chi connectivity index (χ4n) is 3.26. The van der Waals surface area contributed by atoms with Crippen LogP contribution >= 0.6 is 0 Å². The van der Waals surface area contributed by atoms with Crippen LogP contribution in [0.5, 0.6) is 0 Å². The highest BCUT2D eigenvalue weighted by Gasteiger charge is 2.28. The van der Waals surface area contributed by atoms with Crippen LogP contribution < -0.4 is 5.73 Å². The summed E-state index contributed by atoms with van der Waals surface area (Å²) in [4.78, 5) is 29.6. The number of rotatable bonds is 3. The summed E-state index contributed by atoms with van der Waals surface area (Å²) >= 11 is 0. The third-order valence-corrected chi connectivity index (χ3v) is 4.84. The van der Waals surface area contributed by atoms with Gasteiger partial charge in [0.15, 0.2) is 0 Å². The molecule has 2 rings (SSSR count). The normalized spacial score (nSPS) is 27.8. The van der Waals surface area contributed by atoms with E-state index in [4.69, 9.17) is 5.73 Å². The third kappa shape index (κ3) is 4.17. The summed E-state index contributed by atoms with van der Waals surface area (Å²) in [7, 11) is 0. The molecule has 0 aliphatic carbocycles. The Morgan fingerprint density at radius 3 is 2.29 bits per heavy atom. The topological polar surface area (TPSA) is 69.9 Å². The molecule has 2 heterocycles. The number of piperidine rings is 1. The maximum atomic E-state index is 12.4. The molecule has 2 atom stereocenters. The molecule has 2 N–H and O–H groups in total. The lowest BCUT2D eigenvalue weighted by atomic mass is 9.91. The zero-order chi connectivity index (χ0) is 15.4. The van der Waals surface area contributed by atoms with Crippen LogP contribution in [0.4, 0.5) is 0 Å². The standard InChI is InChI=1S/C15H28N4O2/c1-3-13-10-17(5-4-14(13)16)11-15(21)19-8-6-18(7-9-19)12(2)20/h13-14H,3-11,16H2,1-2H3. The predicted octanol–water partition coefficient (Wildman–Crippen LogP) is -0.264. The van der Waals surface area contributed by atoms with E-state index in [1.165, 1.54) is 0 Å². The molecule has 0 aromatic heterocycles. The quantitative estimate of drug-likeness (QED) is 0.779. The molecule has 0 spiro atoms. The third-order valence-electron chi connectivity index (χ3n) is 4.84. The average Bonchev–Trinajstić information content (AvgIpc) is 2.49. The van der Waals surface area contributed by atoms with E-state index >= 15 is 0 Å². The van der Waals surface area contributed by atoms with Crippen LogP contribution in [0, 0.1) is 5.92 Å². The first-order valence-electron chi connectivity index (χ1n) is 8.02. The van der Waals surface area contributed by atoms with Gasteiger partial charge in [-0.2, -0.15) is 0 Å². The zero-order valence-corrected chi connectivity index (χ0v) is 13.3. The number of piperazine rings is 1. The first kappa shape index (κ1) is 16.2. The molecule has 6 heteroatoms. The highest BCUT2D eigenvalue weighted by molar-refractivity contribution is 5.79. The number of nitrogens with two attached hydrogens (primary N) is 1. The molecule has 2 fully saturated rings. The molecule has 0 aromatic carbocycles. The molecule has 6 nitrogen and oxygen atoms in total. The van der Waals surface area contributed by atoms with E-state index in [1.54, 1.807) is 11.8 Å². The van der Waals surface area contributed by atoms with Crippen molar-refractivity contribution in [2.75, 3.05) is 45.8 Å². The average molecular weight is 296 g/mol. The number of carbonyl (C=O) groups is 2. The monoisotopic (exact) mass is 296 g/mol. The van der Waals surface area contributed by atoms with Crippen LogP contribution in [0.15, 0.2) is 0 Å². The number of likely N-dealkylation sites (tertiary alicyclic amines) is 1. The summed E-state index contributed by atoms with van der Waals surface area (Å²) in [5.74, 6) is 0.780. The lowest BCUT2D eigenvalue weighted by Crippen LogP contribution is -2.54. The molecule has 0 radical (unpaired) electrons. The van der Waals surface area contributed by atoms with Gasteiger partial charge in [-0.15, -0.1) is 0 Å². The smallest absolute Gasteiger partial charge is 0.236 e. The minimum atomic E-state index is 0.0953. The van der Waals surface area contributed by atoms with Crippen molar-refractivity contribution in [1.29, 1.82) is 0 Å². The first-order chi connectivity index (χ1) is 10.0. The molecule has 0 saturated carbocycles. The van der Waals surface area contributed by atoms with E-state index in [1.807, 2.05) is 4.90 Å². The Hall–Kier alpha value is -1.14. The lowest BCUT2D eigenvalue weighted by Gasteiger charge is -2.38. The Morgan fingerprint density at radius 2 is 1.71 bits per heavy atom. The summed E-state index contributed by atoms with van der Waals surface area (Å²) < 4.78 is 0. The van der Waals surface area contributed by atoms with Gasteiger partial charge in [0.1, 0.15) is 0 Å². The van der Waals surface area contributed by atoms with E-state index in [2.05, 4.69) is 11.8 Å². The number of amides is 2. The number of carbonyl (C=O) groups excluding carboxylic acids is 2. The van der Waals surface area contributed by atoms with Crippen LogP contribution in [-0.4, -0.2) is 78.4 Å². The molecule has 2 unspecified atom stereocenters. The van der Waals surface area contributed by atoms with Crippen molar-refractivity contribution in [3.63, 3.8) is 0 Å². The van der Waals surface area contributed by atoms with Crippen molar-refractivity contribution in [3.8, 4) is 0 Å². The second kappa shape index (κ2) is 7.22. The molecular weight excluding hydrogens is 268 g/mol. The first-order valence-corrected chi connectivity index (χ1v) is 8.02. The van der Waals surface area contributed by atoms with Crippen molar-refractivity contribution < 1.29 is 9.59 Å². The number of nitrogens with zero attached hydrogens (tertiary/aromatic N) is 3. The fraction of sp³-hybridized carbons (Fsp3) is 0.867. The van der Waals surface area contributed by atoms with Gasteiger partial charge in [0, 0.05) is 52.2 Å². The summed E-state index contributed by atoms with van der Waals surface area (Å²) in [6.45, 7) is 8.70. The van der Waals surface area contributed by atoms with Crippen molar-refractivity contribution in [2.45, 2.75) is 32.7 Å². The largest absolute Gasteiger partial charge is 0.339 e. The second-order valence-electron chi connectivity index (χ2n) is 6.24. The molecule has 2 saturated heterocycles. The minimum absolute atomic E-state index is 0.0953. The van der Waals surface area contributed by atoms with Gasteiger partial charge in [-0.25, -0.2) is 0 Å². The Morgan fingerprint density at radius 1 is 1.10 bits per heavy atom. The highest BCUT2D eigenvalue weighted by atomic mass is 16.2. The van der Waals surface area contributed by atoms with Crippen LogP contribution in [-0.2, 0) is 9.59 Å². The van der Waals surface area contributed by atoms with Gasteiger partial charge in [0.25, 0.3) is 0 Å². The van der Waals surface area contributed by atoms with E-state index in [-0.39, 0.29) is 17.9 Å². The molecule has 2 aliphatic heterocycles. The minimum Gasteiger partial charge on any atom is -0.339 e. The SMILES string of the molecule is CCC1CN(CC(=O)N2CCN(C(C)=O)CC2)CCC1N. The maximum absolute atomic E-state index is 12.4. The van der Waals surface area contributed by atoms with Crippen molar-refractivity contribution in [2.24, 2.45) is 11.7 Å². The molecular formula is C15H28N4O2. The summed E-state index contributed by atoms with van der Waals surface area (Å²) in [5.41, 5.74) is 6.11. The second-order valence-corrected chi connectivity index (χ2v) is 6.24. The maximum Gasteiger partial charge on any atom is 0.236 e. The molecule has 0 bridgehead atoms. The van der Waals surface area contributed by atoms with Gasteiger partial charge in [-0.05, 0) is 12.3 Å². The fourth-order valence-corrected chi connectivity index (χ4v) is 3.26. The van der Waals surface area contributed by atoms with Gasteiger partial charge in [0.05, 0.1) is 6.54 Å². The lowest BCUT2D eigenvalue weighted by molar-refractivity contribution is -0.139. The predicted molar refractivity (Wildman–Crippen MR) is 81.6 cm³/mol. The summed E-state index contributed by atoms with van der Waals surface area (Å²) in [5, 5.41) is 0. The molecule has 2 amide bonds. The van der Waals surface area contributed by atoms with Crippen molar-refractivity contribution in [1.82, 2.24) is 14.7 Å². The van der Waals surface area contributed by atoms with E-state index in [0.717, 1.165) is 25.9 Å². The molecule has 0 aromatic rings. The summed E-state index contributed by atoms with van der Waals surface area (Å²) in [6.07, 6.45) is 2.05. The highest BCUT2D eigenvalue weighted by Crippen LogP contribution is 2.18. The van der Waals surface area contributed by atoms with Crippen molar-refractivity contribution >= 4 is 11.8 Å². The van der Waals surface area contributed by atoms with Gasteiger partial charge >= 0.3 is 0 Å². The van der Waals surface area contributed by atoms with Gasteiger partial charge in [0.2, 0.25) is 11.8 Å². The number of hydrogen-bond acceptors (Lipinski definition) is 4. The van der Waals surface area contributed by atoms with Crippen LogP contribution in [0.3, 0.4) is 0 Å². The van der Waals surface area contributed by atoms with Crippen molar-refractivity contribution in [3.05, 3.63) is 0 Å². The van der Waals surface area contributed by atoms with Crippen LogP contribution in [0.25, 0.3) is 0 Å². The number of hydrogen-bond donors (Lipinski definition) is 1. The van der Waals surface area contributed by atoms with Gasteiger partial charge in [-0.1, -0.05) is 13.3 Å².